The van der Waals surface area contributed by atoms with Gasteiger partial charge in [-0.1, -0.05) is 11.8 Å². The van der Waals surface area contributed by atoms with Gasteiger partial charge in [-0.2, -0.15) is 0 Å². The predicted octanol–water partition coefficient (Wildman–Crippen LogP) is 3.73. The molecule has 1 aliphatic heterocycles. The van der Waals surface area contributed by atoms with Crippen molar-refractivity contribution in [2.75, 3.05) is 34.5 Å². The Hall–Kier alpha value is -4.77. The third kappa shape index (κ3) is 5.00. The van der Waals surface area contributed by atoms with Gasteiger partial charge in [0.05, 0.1) is 26.9 Å². The van der Waals surface area contributed by atoms with Gasteiger partial charge in [-0.3, -0.25) is 9.59 Å². The van der Waals surface area contributed by atoms with Gasteiger partial charge in [0.15, 0.2) is 23.0 Å². The molecule has 3 aromatic carbocycles. The van der Waals surface area contributed by atoms with Crippen molar-refractivity contribution in [2.45, 2.75) is 0 Å². The highest BCUT2D eigenvalue weighted by atomic mass is 16.6. The van der Waals surface area contributed by atoms with Gasteiger partial charge in [-0.05, 0) is 48.5 Å². The zero-order valence-corrected chi connectivity index (χ0v) is 19.9. The lowest BCUT2D eigenvalue weighted by Gasteiger charge is -2.19. The number of fused-ring (bicyclic) bond motifs is 1. The molecule has 1 aliphatic rings. The van der Waals surface area contributed by atoms with Gasteiger partial charge in [-0.25, -0.2) is 4.79 Å². The number of esters is 1. The van der Waals surface area contributed by atoms with E-state index in [2.05, 4.69) is 11.8 Å². The van der Waals surface area contributed by atoms with E-state index in [1.807, 2.05) is 0 Å². The van der Waals surface area contributed by atoms with Crippen LogP contribution >= 0.6 is 0 Å². The third-order valence-electron chi connectivity index (χ3n) is 5.43. The highest BCUT2D eigenvalue weighted by molar-refractivity contribution is 6.49. The molecule has 1 heterocycles. The lowest BCUT2D eigenvalue weighted by Crippen LogP contribution is -2.19. The summed E-state index contributed by atoms with van der Waals surface area (Å²) in [7, 11) is 4.23. The average Bonchev–Trinajstić information content (AvgIpc) is 2.94. The topological polar surface area (TPSA) is 97.4 Å². The van der Waals surface area contributed by atoms with E-state index in [4.69, 9.17) is 23.7 Å². The number of carbonyl (C=O) groups is 3. The van der Waals surface area contributed by atoms with Crippen molar-refractivity contribution in [1.29, 1.82) is 0 Å². The molecule has 0 radical (unpaired) electrons. The molecule has 0 fully saturated rings. The lowest BCUT2D eigenvalue weighted by molar-refractivity contribution is 0.0600. The summed E-state index contributed by atoms with van der Waals surface area (Å²) in [6.07, 6.45) is 0. The Kier molecular flexibility index (Phi) is 7.21. The van der Waals surface area contributed by atoms with E-state index in [9.17, 15) is 14.4 Å². The maximum Gasteiger partial charge on any atom is 0.337 e. The van der Waals surface area contributed by atoms with Gasteiger partial charge in [0.25, 0.3) is 0 Å². The molecule has 8 nitrogen and oxygen atoms in total. The molecule has 0 amide bonds. The molecule has 0 saturated carbocycles. The van der Waals surface area contributed by atoms with Crippen molar-refractivity contribution in [2.24, 2.45) is 0 Å². The lowest BCUT2D eigenvalue weighted by atomic mass is 9.96. The molecule has 0 saturated heterocycles. The Balaban J connectivity index is 1.71. The zero-order chi connectivity index (χ0) is 25.7. The van der Waals surface area contributed by atoms with Gasteiger partial charge in [0, 0.05) is 28.3 Å². The Bertz CT molecular complexity index is 1390. The molecular weight excluding hydrogens is 464 g/mol. The fourth-order valence-electron chi connectivity index (χ4n) is 3.56. The summed E-state index contributed by atoms with van der Waals surface area (Å²) < 4.78 is 26.4. The van der Waals surface area contributed by atoms with Crippen LogP contribution in [0.5, 0.6) is 23.0 Å². The first kappa shape index (κ1) is 24.4. The summed E-state index contributed by atoms with van der Waals surface area (Å²) >= 11 is 0. The minimum absolute atomic E-state index is 0.0812. The molecule has 0 atom stereocenters. The van der Waals surface area contributed by atoms with Crippen LogP contribution in [0.4, 0.5) is 0 Å². The summed E-state index contributed by atoms with van der Waals surface area (Å²) in [5, 5.41) is 0. The first-order chi connectivity index (χ1) is 17.4. The Morgan fingerprint density at radius 1 is 0.722 bits per heavy atom. The van der Waals surface area contributed by atoms with Gasteiger partial charge in [-0.15, -0.1) is 0 Å². The summed E-state index contributed by atoms with van der Waals surface area (Å²) in [5.41, 5.74) is 1.51. The number of carbonyl (C=O) groups excluding carboxylic acids is 3. The second kappa shape index (κ2) is 10.7. The van der Waals surface area contributed by atoms with Crippen molar-refractivity contribution < 1.29 is 38.1 Å². The largest absolute Gasteiger partial charge is 0.493 e. The minimum Gasteiger partial charge on any atom is -0.493 e. The first-order valence-electron chi connectivity index (χ1n) is 10.9. The molecule has 0 aromatic heterocycles. The van der Waals surface area contributed by atoms with E-state index in [-0.39, 0.29) is 11.1 Å². The SMILES string of the molecule is COC(=O)c1ccc(C#Cc2cc3c(cc2C(=O)C(=O)c2ccc(OC)c(OC)c2)OCCO3)cc1. The molecule has 182 valence electrons. The van der Waals surface area contributed by atoms with Crippen molar-refractivity contribution in [3.8, 4) is 34.8 Å². The average molecular weight is 486 g/mol. The van der Waals surface area contributed by atoms with E-state index in [0.717, 1.165) is 0 Å². The van der Waals surface area contributed by atoms with Crippen molar-refractivity contribution in [3.63, 3.8) is 0 Å². The highest BCUT2D eigenvalue weighted by Crippen LogP contribution is 2.34. The number of benzene rings is 3. The van der Waals surface area contributed by atoms with Crippen molar-refractivity contribution in [3.05, 3.63) is 82.4 Å². The van der Waals surface area contributed by atoms with Crippen molar-refractivity contribution >= 4 is 17.5 Å². The quantitative estimate of drug-likeness (QED) is 0.225. The predicted molar refractivity (Wildman–Crippen MR) is 129 cm³/mol. The van der Waals surface area contributed by atoms with E-state index < -0.39 is 17.5 Å². The maximum absolute atomic E-state index is 13.3. The van der Waals surface area contributed by atoms with Gasteiger partial charge >= 0.3 is 5.97 Å². The standard InChI is InChI=1S/C28H22O8/c1-32-22-11-10-20(15-23(22)33-2)26(29)27(30)21-16-25-24(35-12-13-36-25)14-19(21)9-6-17-4-7-18(8-5-17)28(31)34-3/h4-5,7-8,10-11,14-16H,12-13H2,1-3H3. The van der Waals surface area contributed by atoms with Crippen LogP contribution in [0.2, 0.25) is 0 Å². The second-order valence-electron chi connectivity index (χ2n) is 7.59. The van der Waals surface area contributed by atoms with Crippen LogP contribution < -0.4 is 18.9 Å². The number of hydrogen-bond donors (Lipinski definition) is 0. The molecule has 8 heteroatoms. The monoisotopic (exact) mass is 486 g/mol. The summed E-state index contributed by atoms with van der Waals surface area (Å²) in [6.45, 7) is 0.675. The molecule has 4 rings (SSSR count). The van der Waals surface area contributed by atoms with E-state index in [1.165, 1.54) is 39.5 Å². The molecule has 0 N–H and O–H groups in total. The van der Waals surface area contributed by atoms with Crippen LogP contribution in [0.25, 0.3) is 0 Å². The zero-order valence-electron chi connectivity index (χ0n) is 19.9. The molecular formula is C28H22O8. The molecule has 0 spiro atoms. The molecule has 0 aliphatic carbocycles. The fourth-order valence-corrected chi connectivity index (χ4v) is 3.56. The van der Waals surface area contributed by atoms with Crippen LogP contribution in [0, 0.1) is 11.8 Å². The van der Waals surface area contributed by atoms with E-state index >= 15 is 0 Å². The minimum atomic E-state index is -0.760. The van der Waals surface area contributed by atoms with Gasteiger partial charge in [0.1, 0.15) is 13.2 Å². The fraction of sp³-hybridized carbons (Fsp3) is 0.179. The Labute approximate surface area is 207 Å². The molecule has 0 bridgehead atoms. The van der Waals surface area contributed by atoms with Crippen molar-refractivity contribution in [1.82, 2.24) is 0 Å². The molecule has 0 unspecified atom stereocenters. The Morgan fingerprint density at radius 2 is 1.36 bits per heavy atom. The number of hydrogen-bond acceptors (Lipinski definition) is 8. The molecule has 3 aromatic rings. The van der Waals surface area contributed by atoms with Gasteiger partial charge < -0.3 is 23.7 Å². The van der Waals surface area contributed by atoms with Gasteiger partial charge in [0.2, 0.25) is 11.6 Å². The first-order valence-corrected chi connectivity index (χ1v) is 10.9. The van der Waals surface area contributed by atoms with Crippen LogP contribution in [0.15, 0.2) is 54.6 Å². The summed E-state index contributed by atoms with van der Waals surface area (Å²) in [6, 6.07) is 14.1. The number of ether oxygens (including phenoxy) is 5. The maximum atomic E-state index is 13.3. The van der Waals surface area contributed by atoms with Crippen LogP contribution in [-0.2, 0) is 4.74 Å². The number of methoxy groups -OCH3 is 3. The van der Waals surface area contributed by atoms with Crippen LogP contribution in [0.3, 0.4) is 0 Å². The van der Waals surface area contributed by atoms with E-state index in [1.54, 1.807) is 36.4 Å². The van der Waals surface area contributed by atoms with Crippen LogP contribution in [0.1, 0.15) is 42.2 Å². The Morgan fingerprint density at radius 3 is 2.00 bits per heavy atom. The third-order valence-corrected chi connectivity index (χ3v) is 5.43. The number of Topliss-reactive ketones (excluding diaryl/α,β-unsaturated/α-hetero) is 2. The smallest absolute Gasteiger partial charge is 0.337 e. The summed E-state index contributed by atoms with van der Waals surface area (Å²) in [4.78, 5) is 38.1. The summed E-state index contributed by atoms with van der Waals surface area (Å²) in [5.74, 6) is 5.51. The normalized spacial score (nSPS) is 11.5. The molecule has 36 heavy (non-hydrogen) atoms. The van der Waals surface area contributed by atoms with E-state index in [0.29, 0.717) is 52.9 Å². The number of ketones is 2. The second-order valence-corrected chi connectivity index (χ2v) is 7.59. The van der Waals surface area contributed by atoms with Crippen LogP contribution in [-0.4, -0.2) is 52.1 Å². The number of rotatable bonds is 6. The highest BCUT2D eigenvalue weighted by Gasteiger charge is 2.25.